The molecule has 2 heterocycles. The van der Waals surface area contributed by atoms with E-state index in [9.17, 15) is 21.6 Å². The molecule has 0 saturated carbocycles. The summed E-state index contributed by atoms with van der Waals surface area (Å²) in [6.07, 6.45) is 3.03. The Morgan fingerprint density at radius 2 is 1.85 bits per heavy atom. The summed E-state index contributed by atoms with van der Waals surface area (Å²) < 4.78 is 66.4. The van der Waals surface area contributed by atoms with Crippen molar-refractivity contribution in [1.82, 2.24) is 9.97 Å². The van der Waals surface area contributed by atoms with E-state index >= 15 is 0 Å². The monoisotopic (exact) mass is 384 g/mol. The second kappa shape index (κ2) is 6.71. The molecule has 1 N–H and O–H groups in total. The van der Waals surface area contributed by atoms with Crippen molar-refractivity contribution in [3.8, 4) is 5.75 Å². The van der Waals surface area contributed by atoms with Crippen LogP contribution in [0.4, 0.5) is 13.2 Å². The number of alkyl halides is 3. The first-order chi connectivity index (χ1) is 12.3. The molecular weight excluding hydrogens is 373 g/mol. The molecule has 6 nitrogen and oxygen atoms in total. The maximum atomic E-state index is 12.0. The van der Waals surface area contributed by atoms with Crippen LogP contribution in [0.3, 0.4) is 0 Å². The number of aromatic nitrogens is 2. The van der Waals surface area contributed by atoms with E-state index in [2.05, 4.69) is 14.2 Å². The van der Waals surface area contributed by atoms with Crippen molar-refractivity contribution in [2.75, 3.05) is 0 Å². The lowest BCUT2D eigenvalue weighted by atomic mass is 10.2. The third-order valence-corrected chi connectivity index (χ3v) is 4.22. The molecule has 0 aliphatic rings. The van der Waals surface area contributed by atoms with Crippen molar-refractivity contribution < 1.29 is 30.2 Å². The number of nitrogens with one attached hydrogen (secondary N) is 1. The SMILES string of the molecule is O=S(=O)(Oc1ccc2ccoc2c1)C(F)(F)F.c1ccc2[nH]cnc2c1. The van der Waals surface area contributed by atoms with Crippen LogP contribution in [0, 0.1) is 0 Å². The topological polar surface area (TPSA) is 85.2 Å². The molecular formula is C16H11F3N2O4S. The molecule has 0 fully saturated rings. The summed E-state index contributed by atoms with van der Waals surface area (Å²) in [4.78, 5) is 7.07. The van der Waals surface area contributed by atoms with Crippen LogP contribution in [0.1, 0.15) is 0 Å². The predicted molar refractivity (Wildman–Crippen MR) is 87.9 cm³/mol. The van der Waals surface area contributed by atoms with Crippen LogP contribution in [0.2, 0.25) is 0 Å². The highest BCUT2D eigenvalue weighted by molar-refractivity contribution is 7.88. The van der Waals surface area contributed by atoms with Crippen LogP contribution in [-0.2, 0) is 10.1 Å². The van der Waals surface area contributed by atoms with Crippen molar-refractivity contribution in [2.24, 2.45) is 0 Å². The quantitative estimate of drug-likeness (QED) is 0.413. The largest absolute Gasteiger partial charge is 0.534 e. The van der Waals surface area contributed by atoms with Gasteiger partial charge in [-0.3, -0.25) is 0 Å². The minimum absolute atomic E-state index is 0.236. The molecule has 0 amide bonds. The van der Waals surface area contributed by atoms with Gasteiger partial charge in [0.25, 0.3) is 0 Å². The van der Waals surface area contributed by atoms with Gasteiger partial charge in [0.1, 0.15) is 11.3 Å². The van der Waals surface area contributed by atoms with Gasteiger partial charge in [0.2, 0.25) is 0 Å². The van der Waals surface area contributed by atoms with Crippen LogP contribution in [0.5, 0.6) is 5.75 Å². The second-order valence-electron chi connectivity index (χ2n) is 5.02. The summed E-state index contributed by atoms with van der Waals surface area (Å²) in [5.41, 5.74) is -3.10. The van der Waals surface area contributed by atoms with E-state index in [1.165, 1.54) is 12.3 Å². The average Bonchev–Trinajstić information content (AvgIpc) is 3.22. The second-order valence-corrected chi connectivity index (χ2v) is 6.56. The third-order valence-electron chi connectivity index (χ3n) is 3.24. The van der Waals surface area contributed by atoms with E-state index in [4.69, 9.17) is 4.42 Å². The number of fused-ring (bicyclic) bond motifs is 2. The summed E-state index contributed by atoms with van der Waals surface area (Å²) in [6.45, 7) is 0. The Morgan fingerprint density at radius 1 is 1.08 bits per heavy atom. The number of para-hydroxylation sites is 2. The lowest BCUT2D eigenvalue weighted by Gasteiger charge is -2.08. The van der Waals surface area contributed by atoms with Gasteiger partial charge in [0.05, 0.1) is 23.6 Å². The normalized spacial score (nSPS) is 12.0. The van der Waals surface area contributed by atoms with Crippen molar-refractivity contribution >= 4 is 32.1 Å². The van der Waals surface area contributed by atoms with Crippen molar-refractivity contribution in [1.29, 1.82) is 0 Å². The molecule has 0 saturated heterocycles. The van der Waals surface area contributed by atoms with E-state index in [1.54, 1.807) is 12.4 Å². The molecule has 2 aromatic heterocycles. The first-order valence-electron chi connectivity index (χ1n) is 7.12. The standard InChI is InChI=1S/C9H5F3O4S.C7H6N2/c10-9(11,12)17(13,14)16-7-2-1-6-3-4-15-8(6)5-7;1-2-4-7-6(3-1)8-5-9-7/h1-5H;1-5H,(H,8,9). The lowest BCUT2D eigenvalue weighted by molar-refractivity contribution is -0.0500. The molecule has 0 bridgehead atoms. The van der Waals surface area contributed by atoms with E-state index in [0.717, 1.165) is 23.2 Å². The lowest BCUT2D eigenvalue weighted by Crippen LogP contribution is -2.27. The highest BCUT2D eigenvalue weighted by atomic mass is 32.2. The van der Waals surface area contributed by atoms with Crippen LogP contribution in [0.15, 0.2) is 65.5 Å². The third kappa shape index (κ3) is 3.80. The zero-order chi connectivity index (χ0) is 18.8. The molecule has 26 heavy (non-hydrogen) atoms. The van der Waals surface area contributed by atoms with Crippen LogP contribution in [0.25, 0.3) is 22.0 Å². The van der Waals surface area contributed by atoms with Gasteiger partial charge >= 0.3 is 15.6 Å². The number of H-pyrrole nitrogens is 1. The smallest absolute Gasteiger partial charge is 0.464 e. The van der Waals surface area contributed by atoms with Gasteiger partial charge in [-0.2, -0.15) is 21.6 Å². The number of rotatable bonds is 2. The fourth-order valence-electron chi connectivity index (χ4n) is 2.04. The van der Waals surface area contributed by atoms with Gasteiger partial charge in [-0.05, 0) is 30.3 Å². The van der Waals surface area contributed by atoms with Gasteiger partial charge in [0, 0.05) is 11.5 Å². The van der Waals surface area contributed by atoms with E-state index < -0.39 is 21.4 Å². The summed E-state index contributed by atoms with van der Waals surface area (Å²) in [5.74, 6) is -0.454. The Labute approximate surface area is 145 Å². The Balaban J connectivity index is 0.000000181. The fraction of sp³-hybridized carbons (Fsp3) is 0.0625. The number of benzene rings is 2. The fourth-order valence-corrected chi connectivity index (χ4v) is 2.49. The number of aromatic amines is 1. The minimum Gasteiger partial charge on any atom is -0.464 e. The summed E-state index contributed by atoms with van der Waals surface area (Å²) in [7, 11) is -5.64. The van der Waals surface area contributed by atoms with E-state index in [-0.39, 0.29) is 5.58 Å². The van der Waals surface area contributed by atoms with Crippen LogP contribution < -0.4 is 4.18 Å². The molecule has 136 valence electrons. The van der Waals surface area contributed by atoms with E-state index in [0.29, 0.717) is 5.39 Å². The summed E-state index contributed by atoms with van der Waals surface area (Å²) in [5, 5.41) is 0.627. The van der Waals surface area contributed by atoms with Crippen molar-refractivity contribution in [3.05, 3.63) is 61.1 Å². The molecule has 0 spiro atoms. The number of hydrogen-bond donors (Lipinski definition) is 1. The Bertz CT molecular complexity index is 1100. The number of furan rings is 1. The Morgan fingerprint density at radius 3 is 2.58 bits per heavy atom. The zero-order valence-electron chi connectivity index (χ0n) is 12.9. The van der Waals surface area contributed by atoms with Crippen molar-refractivity contribution in [2.45, 2.75) is 5.51 Å². The molecule has 0 unspecified atom stereocenters. The first kappa shape index (κ1) is 17.8. The average molecular weight is 384 g/mol. The number of halogens is 3. The maximum Gasteiger partial charge on any atom is 0.534 e. The Kier molecular flexibility index (Phi) is 4.60. The number of imidazole rings is 1. The summed E-state index contributed by atoms with van der Waals surface area (Å²) in [6, 6.07) is 13.1. The van der Waals surface area contributed by atoms with Gasteiger partial charge in [-0.1, -0.05) is 12.1 Å². The van der Waals surface area contributed by atoms with Gasteiger partial charge in [-0.15, -0.1) is 0 Å². The molecule has 0 radical (unpaired) electrons. The molecule has 0 atom stereocenters. The predicted octanol–water partition coefficient (Wildman–Crippen LogP) is 4.22. The van der Waals surface area contributed by atoms with Crippen LogP contribution in [-0.4, -0.2) is 23.9 Å². The molecule has 0 aliphatic carbocycles. The highest BCUT2D eigenvalue weighted by Crippen LogP contribution is 2.28. The number of nitrogens with zero attached hydrogens (tertiary/aromatic N) is 1. The van der Waals surface area contributed by atoms with Gasteiger partial charge in [0.15, 0.2) is 0 Å². The first-order valence-corrected chi connectivity index (χ1v) is 8.53. The zero-order valence-corrected chi connectivity index (χ0v) is 13.7. The van der Waals surface area contributed by atoms with Crippen LogP contribution >= 0.6 is 0 Å². The molecule has 0 aliphatic heterocycles. The van der Waals surface area contributed by atoms with Crippen molar-refractivity contribution in [3.63, 3.8) is 0 Å². The molecule has 4 rings (SSSR count). The van der Waals surface area contributed by atoms with E-state index in [1.807, 2.05) is 24.3 Å². The molecule has 10 heteroatoms. The maximum absolute atomic E-state index is 12.0. The van der Waals surface area contributed by atoms with Gasteiger partial charge in [-0.25, -0.2) is 4.98 Å². The highest BCUT2D eigenvalue weighted by Gasteiger charge is 2.48. The Hall–Kier alpha value is -3.01. The number of hydrogen-bond acceptors (Lipinski definition) is 5. The molecule has 4 aromatic rings. The molecule has 2 aromatic carbocycles. The van der Waals surface area contributed by atoms with Gasteiger partial charge < -0.3 is 13.6 Å². The minimum atomic E-state index is -5.64. The summed E-state index contributed by atoms with van der Waals surface area (Å²) >= 11 is 0.